The molecular weight excluding hydrogens is 278 g/mol. The molecule has 2 amide bonds. The molecule has 1 aromatic heterocycles. The molecule has 7 heteroatoms. The number of aromatic nitrogens is 1. The van der Waals surface area contributed by atoms with Gasteiger partial charge in [0, 0.05) is 24.2 Å². The Kier molecular flexibility index (Phi) is 4.94. The van der Waals surface area contributed by atoms with Crippen LogP contribution in [0, 0.1) is 5.92 Å². The van der Waals surface area contributed by atoms with Gasteiger partial charge in [-0.15, -0.1) is 11.3 Å². The third-order valence-corrected chi connectivity index (χ3v) is 4.29. The van der Waals surface area contributed by atoms with Gasteiger partial charge in [-0.2, -0.15) is 0 Å². The summed E-state index contributed by atoms with van der Waals surface area (Å²) in [7, 11) is 0. The van der Waals surface area contributed by atoms with Crippen molar-refractivity contribution >= 4 is 28.5 Å². The van der Waals surface area contributed by atoms with Crippen LogP contribution in [0.3, 0.4) is 0 Å². The highest BCUT2D eigenvalue weighted by Gasteiger charge is 2.28. The van der Waals surface area contributed by atoms with Crippen LogP contribution in [0.4, 0.5) is 9.93 Å². The van der Waals surface area contributed by atoms with E-state index in [1.165, 1.54) is 11.3 Å². The van der Waals surface area contributed by atoms with E-state index in [1.54, 1.807) is 11.1 Å². The molecule has 1 aliphatic rings. The summed E-state index contributed by atoms with van der Waals surface area (Å²) in [5, 5.41) is 12.4. The first-order chi connectivity index (χ1) is 9.60. The van der Waals surface area contributed by atoms with E-state index < -0.39 is 11.9 Å². The van der Waals surface area contributed by atoms with Gasteiger partial charge in [-0.1, -0.05) is 13.3 Å². The Labute approximate surface area is 121 Å². The number of hydrogen-bond donors (Lipinski definition) is 2. The number of rotatable bonds is 4. The Morgan fingerprint density at radius 2 is 2.40 bits per heavy atom. The number of carboxylic acid groups (broad SMARTS) is 1. The van der Waals surface area contributed by atoms with Gasteiger partial charge >= 0.3 is 12.0 Å². The SMILES string of the molecule is CCCc1cnc(NC(=O)N2CCCC(C(=O)O)C2)s1. The minimum Gasteiger partial charge on any atom is -0.481 e. The van der Waals surface area contributed by atoms with Crippen LogP contribution >= 0.6 is 11.3 Å². The molecule has 2 rings (SSSR count). The van der Waals surface area contributed by atoms with Gasteiger partial charge in [-0.3, -0.25) is 10.1 Å². The van der Waals surface area contributed by atoms with Crippen LogP contribution in [-0.4, -0.2) is 40.1 Å². The predicted octanol–water partition coefficient (Wildman–Crippen LogP) is 2.42. The van der Waals surface area contributed by atoms with Crippen LogP contribution in [0.1, 0.15) is 31.1 Å². The van der Waals surface area contributed by atoms with Crippen LogP contribution < -0.4 is 5.32 Å². The lowest BCUT2D eigenvalue weighted by molar-refractivity contribution is -0.143. The van der Waals surface area contributed by atoms with Crippen molar-refractivity contribution in [3.63, 3.8) is 0 Å². The Hall–Kier alpha value is -1.63. The molecule has 1 aliphatic heterocycles. The maximum Gasteiger partial charge on any atom is 0.323 e. The quantitative estimate of drug-likeness (QED) is 0.894. The number of anilines is 1. The van der Waals surface area contributed by atoms with Gasteiger partial charge < -0.3 is 10.0 Å². The zero-order valence-corrected chi connectivity index (χ0v) is 12.3. The van der Waals surface area contributed by atoms with Crippen molar-refractivity contribution in [3.05, 3.63) is 11.1 Å². The highest BCUT2D eigenvalue weighted by Crippen LogP contribution is 2.21. The van der Waals surface area contributed by atoms with Crippen LogP contribution in [0.2, 0.25) is 0 Å². The molecule has 2 heterocycles. The molecule has 1 atom stereocenters. The molecule has 0 bridgehead atoms. The molecule has 0 saturated carbocycles. The fraction of sp³-hybridized carbons (Fsp3) is 0.615. The monoisotopic (exact) mass is 297 g/mol. The smallest absolute Gasteiger partial charge is 0.323 e. The maximum absolute atomic E-state index is 12.1. The van der Waals surface area contributed by atoms with Gasteiger partial charge in [0.25, 0.3) is 0 Å². The van der Waals surface area contributed by atoms with Crippen molar-refractivity contribution in [3.8, 4) is 0 Å². The van der Waals surface area contributed by atoms with Gasteiger partial charge in [0.05, 0.1) is 5.92 Å². The lowest BCUT2D eigenvalue weighted by atomic mass is 9.99. The van der Waals surface area contributed by atoms with Gasteiger partial charge in [0.2, 0.25) is 0 Å². The van der Waals surface area contributed by atoms with Gasteiger partial charge in [-0.05, 0) is 19.3 Å². The number of likely N-dealkylation sites (tertiary alicyclic amines) is 1. The zero-order valence-electron chi connectivity index (χ0n) is 11.5. The van der Waals surface area contributed by atoms with Gasteiger partial charge in [-0.25, -0.2) is 9.78 Å². The molecule has 0 radical (unpaired) electrons. The standard InChI is InChI=1S/C13H19N3O3S/c1-2-4-10-7-14-12(20-10)15-13(19)16-6-3-5-9(8-16)11(17)18/h7,9H,2-6,8H2,1H3,(H,17,18)(H,14,15,19). The number of thiazole rings is 1. The van der Waals surface area contributed by atoms with Crippen LogP contribution in [0.5, 0.6) is 0 Å². The fourth-order valence-corrected chi connectivity index (χ4v) is 3.16. The summed E-state index contributed by atoms with van der Waals surface area (Å²) >= 11 is 1.47. The van der Waals surface area contributed by atoms with Crippen LogP contribution in [0.25, 0.3) is 0 Å². The molecule has 0 aromatic carbocycles. The molecule has 1 fully saturated rings. The second-order valence-electron chi connectivity index (χ2n) is 4.94. The number of carbonyl (C=O) groups is 2. The molecule has 6 nitrogen and oxygen atoms in total. The normalized spacial score (nSPS) is 18.9. The van der Waals surface area contributed by atoms with Crippen molar-refractivity contribution in [1.82, 2.24) is 9.88 Å². The number of amides is 2. The van der Waals surface area contributed by atoms with Gasteiger partial charge in [0.15, 0.2) is 5.13 Å². The summed E-state index contributed by atoms with van der Waals surface area (Å²) in [6, 6.07) is -0.256. The van der Waals surface area contributed by atoms with E-state index in [1.807, 2.05) is 0 Å². The Morgan fingerprint density at radius 3 is 3.10 bits per heavy atom. The number of aliphatic carboxylic acids is 1. The highest BCUT2D eigenvalue weighted by atomic mass is 32.1. The number of nitrogens with zero attached hydrogens (tertiary/aromatic N) is 2. The summed E-state index contributed by atoms with van der Waals surface area (Å²) in [6.45, 7) is 2.97. The molecule has 1 aromatic rings. The molecule has 0 spiro atoms. The molecule has 20 heavy (non-hydrogen) atoms. The number of hydrogen-bond acceptors (Lipinski definition) is 4. The first-order valence-electron chi connectivity index (χ1n) is 6.83. The Balaban J connectivity index is 1.91. The summed E-state index contributed by atoms with van der Waals surface area (Å²) in [5.74, 6) is -1.29. The molecule has 1 saturated heterocycles. The molecule has 2 N–H and O–H groups in total. The lowest BCUT2D eigenvalue weighted by Gasteiger charge is -2.30. The van der Waals surface area contributed by atoms with Gasteiger partial charge in [0.1, 0.15) is 0 Å². The predicted molar refractivity (Wildman–Crippen MR) is 77.1 cm³/mol. The summed E-state index contributed by atoms with van der Waals surface area (Å²) in [5.41, 5.74) is 0. The summed E-state index contributed by atoms with van der Waals surface area (Å²) < 4.78 is 0. The lowest BCUT2D eigenvalue weighted by Crippen LogP contribution is -2.44. The number of nitrogens with one attached hydrogen (secondary N) is 1. The van der Waals surface area contributed by atoms with Crippen molar-refractivity contribution in [2.75, 3.05) is 18.4 Å². The summed E-state index contributed by atoms with van der Waals surface area (Å²) in [6.07, 6.45) is 5.14. The number of urea groups is 1. The largest absolute Gasteiger partial charge is 0.481 e. The molecule has 1 unspecified atom stereocenters. The van der Waals surface area contributed by atoms with E-state index in [9.17, 15) is 9.59 Å². The fourth-order valence-electron chi connectivity index (χ4n) is 2.26. The van der Waals surface area contributed by atoms with Crippen LogP contribution in [-0.2, 0) is 11.2 Å². The van der Waals surface area contributed by atoms with E-state index in [0.717, 1.165) is 24.1 Å². The average molecular weight is 297 g/mol. The van der Waals surface area contributed by atoms with Crippen molar-refractivity contribution in [1.29, 1.82) is 0 Å². The average Bonchev–Trinajstić information content (AvgIpc) is 2.86. The van der Waals surface area contributed by atoms with E-state index >= 15 is 0 Å². The second kappa shape index (κ2) is 6.69. The topological polar surface area (TPSA) is 82.5 Å². The Bertz CT molecular complexity index is 489. The van der Waals surface area contributed by atoms with E-state index in [-0.39, 0.29) is 12.6 Å². The first-order valence-corrected chi connectivity index (χ1v) is 7.65. The van der Waals surface area contributed by atoms with E-state index in [4.69, 9.17) is 5.11 Å². The maximum atomic E-state index is 12.1. The molecular formula is C13H19N3O3S. The minimum atomic E-state index is -0.831. The second-order valence-corrected chi connectivity index (χ2v) is 6.05. The summed E-state index contributed by atoms with van der Waals surface area (Å²) in [4.78, 5) is 29.9. The molecule has 0 aliphatic carbocycles. The minimum absolute atomic E-state index is 0.256. The third-order valence-electron chi connectivity index (χ3n) is 3.32. The van der Waals surface area contributed by atoms with Crippen molar-refractivity contribution in [2.24, 2.45) is 5.92 Å². The molecule has 110 valence electrons. The number of piperidine rings is 1. The zero-order chi connectivity index (χ0) is 14.5. The first kappa shape index (κ1) is 14.8. The number of carbonyl (C=O) groups excluding carboxylic acids is 1. The van der Waals surface area contributed by atoms with E-state index in [2.05, 4.69) is 17.2 Å². The van der Waals surface area contributed by atoms with Crippen molar-refractivity contribution in [2.45, 2.75) is 32.6 Å². The number of aryl methyl sites for hydroxylation is 1. The third kappa shape index (κ3) is 3.69. The van der Waals surface area contributed by atoms with Crippen LogP contribution in [0.15, 0.2) is 6.20 Å². The van der Waals surface area contributed by atoms with E-state index in [0.29, 0.717) is 18.1 Å². The Morgan fingerprint density at radius 1 is 1.60 bits per heavy atom. The van der Waals surface area contributed by atoms with Crippen molar-refractivity contribution < 1.29 is 14.7 Å². The number of carboxylic acids is 1. The highest BCUT2D eigenvalue weighted by molar-refractivity contribution is 7.15.